The topological polar surface area (TPSA) is 29.5 Å². The van der Waals surface area contributed by atoms with Crippen molar-refractivity contribution in [3.05, 3.63) is 95.3 Å². The van der Waals surface area contributed by atoms with E-state index < -0.39 is 0 Å². The minimum absolute atomic E-state index is 0.104. The van der Waals surface area contributed by atoms with Crippen molar-refractivity contribution >= 4 is 0 Å². The lowest BCUT2D eigenvalue weighted by Crippen LogP contribution is -2.05. The quantitative estimate of drug-likeness (QED) is 0.707. The number of phenolic OH excluding ortho intramolecular Hbond substituents is 1. The highest BCUT2D eigenvalue weighted by Gasteiger charge is 2.20. The molecule has 23 heavy (non-hydrogen) atoms. The SMILES string of the molecule is COc1ccccc1C(c1ccc(O)cc1)c1ccc(F)cc1. The molecular weight excluding hydrogens is 291 g/mol. The molecule has 0 aliphatic carbocycles. The zero-order valence-corrected chi connectivity index (χ0v) is 12.7. The van der Waals surface area contributed by atoms with Crippen molar-refractivity contribution in [2.24, 2.45) is 0 Å². The molecule has 0 radical (unpaired) electrons. The van der Waals surface area contributed by atoms with E-state index in [2.05, 4.69) is 0 Å². The highest BCUT2D eigenvalue weighted by molar-refractivity contribution is 5.49. The van der Waals surface area contributed by atoms with Gasteiger partial charge in [-0.15, -0.1) is 0 Å². The number of benzene rings is 3. The Balaban J connectivity index is 2.17. The van der Waals surface area contributed by atoms with Crippen molar-refractivity contribution < 1.29 is 14.2 Å². The fraction of sp³-hybridized carbons (Fsp3) is 0.100. The van der Waals surface area contributed by atoms with Crippen LogP contribution >= 0.6 is 0 Å². The van der Waals surface area contributed by atoms with E-state index in [4.69, 9.17) is 4.74 Å². The molecule has 0 amide bonds. The van der Waals surface area contributed by atoms with Gasteiger partial charge in [-0.3, -0.25) is 0 Å². The first-order chi connectivity index (χ1) is 11.2. The van der Waals surface area contributed by atoms with Gasteiger partial charge in [0.2, 0.25) is 0 Å². The minimum Gasteiger partial charge on any atom is -0.508 e. The van der Waals surface area contributed by atoms with Gasteiger partial charge in [0.05, 0.1) is 7.11 Å². The molecule has 0 aromatic heterocycles. The summed E-state index contributed by atoms with van der Waals surface area (Å²) in [5.74, 6) is 0.618. The Labute approximate surface area is 134 Å². The molecule has 3 heteroatoms. The second kappa shape index (κ2) is 6.53. The Kier molecular flexibility index (Phi) is 4.29. The van der Waals surface area contributed by atoms with Crippen molar-refractivity contribution in [3.8, 4) is 11.5 Å². The van der Waals surface area contributed by atoms with E-state index in [1.54, 1.807) is 31.4 Å². The van der Waals surface area contributed by atoms with Crippen LogP contribution in [0, 0.1) is 5.82 Å². The number of rotatable bonds is 4. The summed E-state index contributed by atoms with van der Waals surface area (Å²) in [7, 11) is 1.64. The lowest BCUT2D eigenvalue weighted by atomic mass is 9.84. The van der Waals surface area contributed by atoms with Crippen LogP contribution in [0.2, 0.25) is 0 Å². The summed E-state index contributed by atoms with van der Waals surface area (Å²) in [4.78, 5) is 0. The Morgan fingerprint density at radius 3 is 2.00 bits per heavy atom. The summed E-state index contributed by atoms with van der Waals surface area (Å²) >= 11 is 0. The summed E-state index contributed by atoms with van der Waals surface area (Å²) in [6.45, 7) is 0. The molecule has 1 unspecified atom stereocenters. The molecule has 0 bridgehead atoms. The van der Waals surface area contributed by atoms with Gasteiger partial charge in [-0.25, -0.2) is 4.39 Å². The second-order valence-corrected chi connectivity index (χ2v) is 5.32. The molecule has 0 fully saturated rings. The van der Waals surface area contributed by atoms with Gasteiger partial charge in [-0.2, -0.15) is 0 Å². The van der Waals surface area contributed by atoms with E-state index in [0.29, 0.717) is 0 Å². The number of aromatic hydroxyl groups is 1. The Bertz CT molecular complexity index is 734. The van der Waals surface area contributed by atoms with E-state index in [1.807, 2.05) is 36.4 Å². The van der Waals surface area contributed by atoms with Crippen LogP contribution in [0.25, 0.3) is 0 Å². The largest absolute Gasteiger partial charge is 0.508 e. The second-order valence-electron chi connectivity index (χ2n) is 5.32. The van der Waals surface area contributed by atoms with Crippen LogP contribution in [0.4, 0.5) is 4.39 Å². The molecule has 0 aliphatic rings. The number of phenols is 1. The highest BCUT2D eigenvalue weighted by atomic mass is 19.1. The molecular formula is C20H17FO2. The molecule has 1 N–H and O–H groups in total. The fourth-order valence-corrected chi connectivity index (χ4v) is 2.78. The predicted molar refractivity (Wildman–Crippen MR) is 88.4 cm³/mol. The fourth-order valence-electron chi connectivity index (χ4n) is 2.78. The van der Waals surface area contributed by atoms with Gasteiger partial charge in [-0.05, 0) is 41.5 Å². The molecule has 116 valence electrons. The maximum Gasteiger partial charge on any atom is 0.123 e. The predicted octanol–water partition coefficient (Wildman–Crippen LogP) is 4.72. The normalized spacial score (nSPS) is 11.9. The maximum atomic E-state index is 13.3. The van der Waals surface area contributed by atoms with Gasteiger partial charge in [0.25, 0.3) is 0 Å². The monoisotopic (exact) mass is 308 g/mol. The van der Waals surface area contributed by atoms with E-state index in [1.165, 1.54) is 12.1 Å². The highest BCUT2D eigenvalue weighted by Crippen LogP contribution is 2.37. The van der Waals surface area contributed by atoms with Crippen molar-refractivity contribution in [3.63, 3.8) is 0 Å². The molecule has 0 saturated heterocycles. The molecule has 0 aliphatic heterocycles. The van der Waals surface area contributed by atoms with Crippen LogP contribution in [0.5, 0.6) is 11.5 Å². The van der Waals surface area contributed by atoms with E-state index >= 15 is 0 Å². The average molecular weight is 308 g/mol. The first kappa shape index (κ1) is 15.1. The van der Waals surface area contributed by atoms with Crippen LogP contribution in [0.3, 0.4) is 0 Å². The van der Waals surface area contributed by atoms with Crippen LogP contribution in [-0.2, 0) is 0 Å². The number of methoxy groups -OCH3 is 1. The Hall–Kier alpha value is -2.81. The average Bonchev–Trinajstić information content (AvgIpc) is 2.59. The van der Waals surface area contributed by atoms with Crippen molar-refractivity contribution in [1.29, 1.82) is 0 Å². The number of halogens is 1. The number of para-hydroxylation sites is 1. The van der Waals surface area contributed by atoms with E-state index in [9.17, 15) is 9.50 Å². The lowest BCUT2D eigenvalue weighted by Gasteiger charge is -2.21. The lowest BCUT2D eigenvalue weighted by molar-refractivity contribution is 0.409. The zero-order chi connectivity index (χ0) is 16.2. The standard InChI is InChI=1S/C20H17FO2/c1-23-19-5-3-2-4-18(19)20(14-6-10-16(21)11-7-14)15-8-12-17(22)13-9-15/h2-13,20,22H,1H3. The van der Waals surface area contributed by atoms with Gasteiger partial charge in [0.15, 0.2) is 0 Å². The van der Waals surface area contributed by atoms with Crippen molar-refractivity contribution in [1.82, 2.24) is 0 Å². The third kappa shape index (κ3) is 3.19. The molecule has 3 rings (SSSR count). The summed E-state index contributed by atoms with van der Waals surface area (Å²) < 4.78 is 18.8. The summed E-state index contributed by atoms with van der Waals surface area (Å²) in [5.41, 5.74) is 2.95. The molecule has 0 spiro atoms. The third-order valence-corrected chi connectivity index (χ3v) is 3.88. The summed E-state index contributed by atoms with van der Waals surface area (Å²) in [6, 6.07) is 21.3. The Morgan fingerprint density at radius 2 is 1.39 bits per heavy atom. The van der Waals surface area contributed by atoms with Crippen LogP contribution < -0.4 is 4.74 Å². The number of hydrogen-bond acceptors (Lipinski definition) is 2. The van der Waals surface area contributed by atoms with Gasteiger partial charge >= 0.3 is 0 Å². The molecule has 2 nitrogen and oxygen atoms in total. The van der Waals surface area contributed by atoms with E-state index in [-0.39, 0.29) is 17.5 Å². The summed E-state index contributed by atoms with van der Waals surface area (Å²) in [6.07, 6.45) is 0. The van der Waals surface area contributed by atoms with Crippen LogP contribution in [0.1, 0.15) is 22.6 Å². The van der Waals surface area contributed by atoms with E-state index in [0.717, 1.165) is 22.4 Å². The summed E-state index contributed by atoms with van der Waals surface area (Å²) in [5, 5.41) is 9.54. The molecule has 3 aromatic rings. The molecule has 3 aromatic carbocycles. The molecule has 0 heterocycles. The first-order valence-electron chi connectivity index (χ1n) is 7.36. The van der Waals surface area contributed by atoms with Gasteiger partial charge < -0.3 is 9.84 Å². The Morgan fingerprint density at radius 1 is 0.826 bits per heavy atom. The van der Waals surface area contributed by atoms with Gasteiger partial charge in [0, 0.05) is 11.5 Å². The van der Waals surface area contributed by atoms with Gasteiger partial charge in [-0.1, -0.05) is 42.5 Å². The third-order valence-electron chi connectivity index (χ3n) is 3.88. The van der Waals surface area contributed by atoms with Crippen molar-refractivity contribution in [2.75, 3.05) is 7.11 Å². The van der Waals surface area contributed by atoms with Gasteiger partial charge in [0.1, 0.15) is 17.3 Å². The van der Waals surface area contributed by atoms with Crippen LogP contribution in [0.15, 0.2) is 72.8 Å². The van der Waals surface area contributed by atoms with Crippen molar-refractivity contribution in [2.45, 2.75) is 5.92 Å². The number of hydrogen-bond donors (Lipinski definition) is 1. The first-order valence-corrected chi connectivity index (χ1v) is 7.36. The zero-order valence-electron chi connectivity index (χ0n) is 12.7. The smallest absolute Gasteiger partial charge is 0.123 e. The molecule has 0 saturated carbocycles. The van der Waals surface area contributed by atoms with Crippen LogP contribution in [-0.4, -0.2) is 12.2 Å². The maximum absolute atomic E-state index is 13.3. The molecule has 1 atom stereocenters. The number of ether oxygens (including phenoxy) is 1. The minimum atomic E-state index is -0.266.